The van der Waals surface area contributed by atoms with Gasteiger partial charge in [0.2, 0.25) is 41.4 Å². The number of amides is 7. The molecular weight excluding hydrogens is 1340 g/mol. The molecule has 7 aromatic carbocycles. The summed E-state index contributed by atoms with van der Waals surface area (Å²) < 4.78 is 13.1. The number of carbonyl (C=O) groups is 9. The number of aliphatic carboxylic acids is 1. The summed E-state index contributed by atoms with van der Waals surface area (Å²) in [6.07, 6.45) is 0.0701. The van der Waals surface area contributed by atoms with Crippen LogP contribution in [0.3, 0.4) is 0 Å². The number of fused-ring (bicyclic) bond motifs is 1. The monoisotopic (exact) mass is 1430 g/mol. The standard InChI is InChI=1S/C82H97N9O12S/c1-53(2)49-65(74(96)84-64(47-48-104-10)73(95)87-67(76(98)88-71(77(99)100)54(3)102-79(4,5)6)51-70(93)90-82(59-37-23-14-24-38-59,60-39-25-15-26-40-60)61-41-27-16-28-42-61)86-75(97)66(50-55-52-91(78(101)103-80(7,8)9)68-44-30-29-43-62(55)68)85-72(94)63(83)45-46-69(92)89-81(56-31-17-11-18-32-56,57-33-19-12-20-34-57)58-35-21-13-22-36-58/h11-44,52-54,63-67,71H,45-51,83H2,1-10H3,(H,84,96)(H,85,94)(H,86,97)(H,87,95)(H,88,98)(H,89,92)(H,90,93)(H,99,100)/t54-,63+,64+,65+,66+,67+,71+/m1/s1. The van der Waals surface area contributed by atoms with Gasteiger partial charge in [-0.25, -0.2) is 9.59 Å². The van der Waals surface area contributed by atoms with Crippen LogP contribution in [-0.2, 0) is 65.3 Å². The molecule has 21 nitrogen and oxygen atoms in total. The predicted molar refractivity (Wildman–Crippen MR) is 404 cm³/mol. The molecule has 10 N–H and O–H groups in total. The Morgan fingerprint density at radius 2 is 0.875 bits per heavy atom. The maximum absolute atomic E-state index is 15.3. The zero-order valence-corrected chi connectivity index (χ0v) is 61.5. The van der Waals surface area contributed by atoms with Crippen molar-refractivity contribution in [2.75, 3.05) is 12.0 Å². The van der Waals surface area contributed by atoms with E-state index in [1.54, 1.807) is 72.1 Å². The molecule has 0 saturated heterocycles. The van der Waals surface area contributed by atoms with Crippen LogP contribution in [0.4, 0.5) is 4.79 Å². The van der Waals surface area contributed by atoms with Gasteiger partial charge in [-0.2, -0.15) is 11.8 Å². The van der Waals surface area contributed by atoms with E-state index < -0.39 is 124 Å². The molecule has 8 aromatic rings. The molecule has 22 heteroatoms. The lowest BCUT2D eigenvalue weighted by Crippen LogP contribution is -2.61. The fourth-order valence-corrected chi connectivity index (χ4v) is 13.2. The van der Waals surface area contributed by atoms with Gasteiger partial charge in [0.15, 0.2) is 6.04 Å². The molecule has 0 spiro atoms. The summed E-state index contributed by atoms with van der Waals surface area (Å²) in [6.45, 7) is 15.5. The lowest BCUT2D eigenvalue weighted by molar-refractivity contribution is -0.150. The highest BCUT2D eigenvalue weighted by atomic mass is 32.2. The number of benzene rings is 7. The van der Waals surface area contributed by atoms with Crippen LogP contribution < -0.4 is 43.0 Å². The summed E-state index contributed by atoms with van der Waals surface area (Å²) in [6, 6.07) is 54.0. The van der Waals surface area contributed by atoms with Gasteiger partial charge in [-0.05, 0) is 131 Å². The zero-order chi connectivity index (χ0) is 75.4. The van der Waals surface area contributed by atoms with E-state index in [-0.39, 0.29) is 43.8 Å². The number of nitrogens with one attached hydrogen (secondary N) is 7. The van der Waals surface area contributed by atoms with Crippen molar-refractivity contribution in [2.24, 2.45) is 11.7 Å². The van der Waals surface area contributed by atoms with E-state index in [4.69, 9.17) is 15.2 Å². The van der Waals surface area contributed by atoms with E-state index in [0.29, 0.717) is 33.2 Å². The van der Waals surface area contributed by atoms with Gasteiger partial charge < -0.3 is 57.5 Å². The lowest BCUT2D eigenvalue weighted by atomic mass is 9.77. The number of carboxylic acids is 1. The molecular formula is C82H97N9O12S. The molecule has 0 saturated carbocycles. The third-order valence-electron chi connectivity index (χ3n) is 17.5. The minimum Gasteiger partial charge on any atom is -0.480 e. The highest BCUT2D eigenvalue weighted by Gasteiger charge is 2.42. The molecule has 0 fully saturated rings. The summed E-state index contributed by atoms with van der Waals surface area (Å²) in [5.74, 6) is -7.04. The number of nitrogens with zero attached hydrogens (tertiary/aromatic N) is 1. The molecule has 1 aromatic heterocycles. The molecule has 0 aliphatic heterocycles. The fourth-order valence-electron chi connectivity index (χ4n) is 12.8. The second-order valence-electron chi connectivity index (χ2n) is 28.3. The summed E-state index contributed by atoms with van der Waals surface area (Å²) in [4.78, 5) is 132. The number of para-hydroxylation sites is 1. The quantitative estimate of drug-likeness (QED) is 0.0173. The number of aromatic nitrogens is 1. The predicted octanol–water partition coefficient (Wildman–Crippen LogP) is 10.2. The number of carbonyl (C=O) groups excluding carboxylic acids is 8. The molecule has 8 rings (SSSR count). The second-order valence-corrected chi connectivity index (χ2v) is 29.3. The van der Waals surface area contributed by atoms with E-state index in [0.717, 1.165) is 16.7 Å². The zero-order valence-electron chi connectivity index (χ0n) is 60.6. The van der Waals surface area contributed by atoms with Gasteiger partial charge in [-0.15, -0.1) is 0 Å². The van der Waals surface area contributed by atoms with Crippen molar-refractivity contribution in [2.45, 2.75) is 165 Å². The molecule has 0 bridgehead atoms. The SMILES string of the molecule is CSCC[C@H](NC(=O)[C@H](CC(C)C)NC(=O)[C@H](Cc1cn(C(=O)OC(C)(C)C)c2ccccc12)NC(=O)[C@@H](N)CCC(=O)NC(c1ccccc1)(c1ccccc1)c1ccccc1)C(=O)N[C@@H](CC(=O)NC(c1ccccc1)(c1ccccc1)c1ccccc1)C(=O)N[C@H](C(=O)O)[C@@H](C)OC(C)(C)C. The number of ether oxygens (including phenoxy) is 2. The van der Waals surface area contributed by atoms with Crippen molar-refractivity contribution >= 4 is 76.1 Å². The van der Waals surface area contributed by atoms with Gasteiger partial charge in [-0.3, -0.25) is 38.1 Å². The van der Waals surface area contributed by atoms with Gasteiger partial charge in [0.1, 0.15) is 40.8 Å². The molecule has 0 unspecified atom stereocenters. The topological polar surface area (TPSA) is 307 Å². The fraction of sp³-hybridized carbons (Fsp3) is 0.354. The maximum Gasteiger partial charge on any atom is 0.419 e. The molecule has 1 heterocycles. The number of nitrogens with two attached hydrogens (primary N) is 1. The molecule has 0 radical (unpaired) electrons. The van der Waals surface area contributed by atoms with Gasteiger partial charge in [0.25, 0.3) is 0 Å². The van der Waals surface area contributed by atoms with Gasteiger partial charge in [0.05, 0.1) is 29.7 Å². The Kier molecular flexibility index (Phi) is 27.6. The number of thioether (sulfide) groups is 1. The van der Waals surface area contributed by atoms with Crippen LogP contribution in [0.1, 0.15) is 133 Å². The van der Waals surface area contributed by atoms with Crippen LogP contribution in [-0.4, -0.2) is 129 Å². The minimum absolute atomic E-state index is 0.000706. The normalized spacial score (nSPS) is 13.9. The van der Waals surface area contributed by atoms with Gasteiger partial charge in [-0.1, -0.05) is 214 Å². The third-order valence-corrected chi connectivity index (χ3v) is 18.2. The molecule has 104 heavy (non-hydrogen) atoms. The molecule has 548 valence electrons. The second kappa shape index (κ2) is 36.1. The number of rotatable bonds is 33. The first-order valence-electron chi connectivity index (χ1n) is 35.0. The lowest BCUT2D eigenvalue weighted by Gasteiger charge is -2.37. The molecule has 7 atom stereocenters. The number of carboxylic acid groups (broad SMARTS) is 1. The van der Waals surface area contributed by atoms with Crippen LogP contribution in [0.25, 0.3) is 10.9 Å². The highest BCUT2D eigenvalue weighted by Crippen LogP contribution is 2.39. The Morgan fingerprint density at radius 3 is 1.31 bits per heavy atom. The Hall–Kier alpha value is -10.4. The first-order valence-corrected chi connectivity index (χ1v) is 36.4. The van der Waals surface area contributed by atoms with E-state index >= 15 is 19.2 Å². The van der Waals surface area contributed by atoms with Gasteiger partial charge >= 0.3 is 12.1 Å². The Bertz CT molecular complexity index is 4020. The van der Waals surface area contributed by atoms with Crippen LogP contribution in [0.15, 0.2) is 212 Å². The molecule has 0 aliphatic carbocycles. The Morgan fingerprint density at radius 1 is 0.481 bits per heavy atom. The van der Waals surface area contributed by atoms with E-state index in [2.05, 4.69) is 37.2 Å². The Balaban J connectivity index is 1.09. The van der Waals surface area contributed by atoms with Crippen molar-refractivity contribution < 1.29 is 57.7 Å². The van der Waals surface area contributed by atoms with Crippen LogP contribution in [0.2, 0.25) is 0 Å². The summed E-state index contributed by atoms with van der Waals surface area (Å²) in [5.41, 5.74) is 7.63. The highest BCUT2D eigenvalue weighted by molar-refractivity contribution is 7.98. The number of hydrogen-bond donors (Lipinski definition) is 9. The first kappa shape index (κ1) is 79.3. The van der Waals surface area contributed by atoms with E-state index in [1.807, 2.05) is 196 Å². The maximum atomic E-state index is 15.3. The Labute approximate surface area is 613 Å². The van der Waals surface area contributed by atoms with Crippen molar-refractivity contribution in [3.05, 3.63) is 251 Å². The largest absolute Gasteiger partial charge is 0.480 e. The van der Waals surface area contributed by atoms with Crippen molar-refractivity contribution in [1.82, 2.24) is 41.8 Å². The third kappa shape index (κ3) is 20.9. The summed E-state index contributed by atoms with van der Waals surface area (Å²) in [5, 5.41) is 31.4. The van der Waals surface area contributed by atoms with Crippen LogP contribution in [0, 0.1) is 5.92 Å². The molecule has 7 amide bonds. The van der Waals surface area contributed by atoms with Crippen LogP contribution in [0.5, 0.6) is 0 Å². The minimum atomic E-state index is -1.77. The van der Waals surface area contributed by atoms with Crippen LogP contribution >= 0.6 is 11.8 Å². The van der Waals surface area contributed by atoms with Gasteiger partial charge in [0, 0.05) is 24.4 Å². The van der Waals surface area contributed by atoms with E-state index in [9.17, 15) is 29.1 Å². The summed E-state index contributed by atoms with van der Waals surface area (Å²) in [7, 11) is 0. The summed E-state index contributed by atoms with van der Waals surface area (Å²) >= 11 is 1.36. The van der Waals surface area contributed by atoms with Crippen molar-refractivity contribution in [1.29, 1.82) is 0 Å². The average molecular weight is 1430 g/mol. The average Bonchev–Trinajstić information content (AvgIpc) is 1.01. The van der Waals surface area contributed by atoms with Crippen molar-refractivity contribution in [3.63, 3.8) is 0 Å². The number of hydrogen-bond acceptors (Lipinski definition) is 13. The smallest absolute Gasteiger partial charge is 0.419 e. The molecule has 0 aliphatic rings. The van der Waals surface area contributed by atoms with E-state index in [1.165, 1.54) is 29.4 Å². The first-order chi connectivity index (χ1) is 49.5. The van der Waals surface area contributed by atoms with Crippen molar-refractivity contribution in [3.8, 4) is 0 Å².